The maximum atomic E-state index is 12.2. The van der Waals surface area contributed by atoms with Gasteiger partial charge in [-0.2, -0.15) is 4.31 Å². The zero-order chi connectivity index (χ0) is 15.3. The van der Waals surface area contributed by atoms with Gasteiger partial charge in [-0.1, -0.05) is 0 Å². The molecular formula is C12H21NO6S. The summed E-state index contributed by atoms with van der Waals surface area (Å²) in [6, 6.07) is -0.589. The monoisotopic (exact) mass is 307 g/mol. The number of carboxylic acids is 1. The number of rotatable bonds is 6. The first kappa shape index (κ1) is 16.9. The number of hydrogen-bond donors (Lipinski definition) is 1. The van der Waals surface area contributed by atoms with Crippen LogP contribution in [0.15, 0.2) is 0 Å². The number of carboxylic acid groups (broad SMARTS) is 1. The second-order valence-electron chi connectivity index (χ2n) is 4.81. The molecule has 1 heterocycles. The van der Waals surface area contributed by atoms with Crippen LogP contribution in [0, 0.1) is 5.92 Å². The van der Waals surface area contributed by atoms with Gasteiger partial charge in [0.15, 0.2) is 0 Å². The molecule has 1 saturated heterocycles. The summed E-state index contributed by atoms with van der Waals surface area (Å²) in [6.07, 6.45) is 0.775. The number of aliphatic carboxylic acids is 1. The summed E-state index contributed by atoms with van der Waals surface area (Å²) in [6.45, 7) is 3.76. The molecule has 116 valence electrons. The van der Waals surface area contributed by atoms with E-state index >= 15 is 0 Å². The molecular weight excluding hydrogens is 286 g/mol. The summed E-state index contributed by atoms with van der Waals surface area (Å²) in [5, 5.41) is 9.08. The normalized spacial score (nSPS) is 24.3. The van der Waals surface area contributed by atoms with Gasteiger partial charge in [0.25, 0.3) is 0 Å². The van der Waals surface area contributed by atoms with Gasteiger partial charge in [0.05, 0.1) is 24.7 Å². The molecule has 0 spiro atoms. The fraction of sp³-hybridized carbons (Fsp3) is 0.833. The zero-order valence-corrected chi connectivity index (χ0v) is 12.6. The maximum absolute atomic E-state index is 12.2. The van der Waals surface area contributed by atoms with E-state index in [9.17, 15) is 18.0 Å². The standard InChI is InChI=1S/C12H21NO6S/c1-3-19-11(14)6-8-20(17,18)13-7-4-5-10(9(13)2)12(15)16/h9-10H,3-8H2,1-2H3,(H,15,16)/t9-,10-/m0/s1. The lowest BCUT2D eigenvalue weighted by Gasteiger charge is -2.36. The molecule has 1 fully saturated rings. The molecule has 0 bridgehead atoms. The van der Waals surface area contributed by atoms with Gasteiger partial charge < -0.3 is 9.84 Å². The van der Waals surface area contributed by atoms with Gasteiger partial charge in [-0.25, -0.2) is 8.42 Å². The SMILES string of the molecule is CCOC(=O)CCS(=O)(=O)N1CCC[C@H](C(=O)O)[C@@H]1C. The Kier molecular flexibility index (Phi) is 5.94. The summed E-state index contributed by atoms with van der Waals surface area (Å²) in [4.78, 5) is 22.3. The van der Waals surface area contributed by atoms with E-state index < -0.39 is 33.9 Å². The van der Waals surface area contributed by atoms with Gasteiger partial charge in [-0.05, 0) is 26.7 Å². The second-order valence-corrected chi connectivity index (χ2v) is 6.85. The molecule has 0 aromatic carbocycles. The van der Waals surface area contributed by atoms with Crippen LogP contribution in [0.3, 0.4) is 0 Å². The van der Waals surface area contributed by atoms with Crippen molar-refractivity contribution < 1.29 is 27.9 Å². The number of esters is 1. The third-order valence-electron chi connectivity index (χ3n) is 3.47. The lowest BCUT2D eigenvalue weighted by Crippen LogP contribution is -2.49. The van der Waals surface area contributed by atoms with Gasteiger partial charge in [-0.3, -0.25) is 9.59 Å². The molecule has 0 saturated carbocycles. The van der Waals surface area contributed by atoms with E-state index in [0.29, 0.717) is 19.4 Å². The molecule has 1 aliphatic rings. The minimum absolute atomic E-state index is 0.208. The minimum Gasteiger partial charge on any atom is -0.481 e. The largest absolute Gasteiger partial charge is 0.481 e. The van der Waals surface area contributed by atoms with Crippen LogP contribution in [0.2, 0.25) is 0 Å². The fourth-order valence-corrected chi connectivity index (χ4v) is 4.12. The predicted molar refractivity (Wildman–Crippen MR) is 71.6 cm³/mol. The fourth-order valence-electron chi connectivity index (χ4n) is 2.40. The Balaban J connectivity index is 2.71. The lowest BCUT2D eigenvalue weighted by molar-refractivity contribution is -0.145. The van der Waals surface area contributed by atoms with E-state index in [-0.39, 0.29) is 18.8 Å². The Morgan fingerprint density at radius 2 is 2.05 bits per heavy atom. The summed E-state index contributed by atoms with van der Waals surface area (Å²) in [5.74, 6) is -2.58. The van der Waals surface area contributed by atoms with Crippen molar-refractivity contribution in [1.29, 1.82) is 0 Å². The zero-order valence-electron chi connectivity index (χ0n) is 11.7. The van der Waals surface area contributed by atoms with Crippen LogP contribution in [0.4, 0.5) is 0 Å². The molecule has 0 aliphatic carbocycles. The second kappa shape index (κ2) is 7.03. The Morgan fingerprint density at radius 3 is 2.60 bits per heavy atom. The molecule has 1 N–H and O–H groups in total. The van der Waals surface area contributed by atoms with Crippen LogP contribution in [-0.2, 0) is 24.3 Å². The highest BCUT2D eigenvalue weighted by molar-refractivity contribution is 7.89. The third-order valence-corrected chi connectivity index (χ3v) is 5.42. The van der Waals surface area contributed by atoms with E-state index in [4.69, 9.17) is 9.84 Å². The van der Waals surface area contributed by atoms with Gasteiger partial charge >= 0.3 is 11.9 Å². The molecule has 8 heteroatoms. The van der Waals surface area contributed by atoms with Crippen molar-refractivity contribution >= 4 is 22.0 Å². The van der Waals surface area contributed by atoms with Crippen molar-refractivity contribution in [1.82, 2.24) is 4.31 Å². The average molecular weight is 307 g/mol. The number of ether oxygens (including phenoxy) is 1. The quantitative estimate of drug-likeness (QED) is 0.715. The number of carbonyl (C=O) groups excluding carboxylic acids is 1. The minimum atomic E-state index is -3.64. The van der Waals surface area contributed by atoms with E-state index in [1.807, 2.05) is 0 Å². The topological polar surface area (TPSA) is 101 Å². The number of carbonyl (C=O) groups is 2. The van der Waals surface area contributed by atoms with Gasteiger partial charge in [-0.15, -0.1) is 0 Å². The highest BCUT2D eigenvalue weighted by Crippen LogP contribution is 2.26. The lowest BCUT2D eigenvalue weighted by atomic mass is 9.92. The van der Waals surface area contributed by atoms with Crippen LogP contribution in [0.5, 0.6) is 0 Å². The molecule has 1 aliphatic heterocycles. The molecule has 0 unspecified atom stereocenters. The van der Waals surface area contributed by atoms with Crippen molar-refractivity contribution in [3.05, 3.63) is 0 Å². The van der Waals surface area contributed by atoms with Crippen LogP contribution in [0.25, 0.3) is 0 Å². The van der Waals surface area contributed by atoms with Crippen LogP contribution in [-0.4, -0.2) is 54.7 Å². The van der Waals surface area contributed by atoms with Crippen LogP contribution in [0.1, 0.15) is 33.1 Å². The Bertz CT molecular complexity index is 461. The van der Waals surface area contributed by atoms with Gasteiger partial charge in [0, 0.05) is 12.6 Å². The first-order valence-electron chi connectivity index (χ1n) is 6.67. The maximum Gasteiger partial charge on any atom is 0.308 e. The number of nitrogens with zero attached hydrogens (tertiary/aromatic N) is 1. The van der Waals surface area contributed by atoms with Crippen molar-refractivity contribution in [3.8, 4) is 0 Å². The Labute approximate surface area is 118 Å². The molecule has 0 amide bonds. The molecule has 2 atom stereocenters. The molecule has 1 rings (SSSR count). The number of sulfonamides is 1. The Hall–Kier alpha value is -1.15. The van der Waals surface area contributed by atoms with Crippen molar-refractivity contribution in [2.75, 3.05) is 18.9 Å². The van der Waals surface area contributed by atoms with Gasteiger partial charge in [0.2, 0.25) is 10.0 Å². The number of piperidine rings is 1. The van der Waals surface area contributed by atoms with E-state index in [2.05, 4.69) is 0 Å². The van der Waals surface area contributed by atoms with Crippen molar-refractivity contribution in [2.45, 2.75) is 39.2 Å². The summed E-state index contributed by atoms with van der Waals surface area (Å²) < 4.78 is 30.3. The van der Waals surface area contributed by atoms with Crippen LogP contribution < -0.4 is 0 Å². The third kappa shape index (κ3) is 4.17. The summed E-state index contributed by atoms with van der Waals surface area (Å²) in [5.41, 5.74) is 0. The summed E-state index contributed by atoms with van der Waals surface area (Å²) >= 11 is 0. The van der Waals surface area contributed by atoms with E-state index in [1.165, 1.54) is 4.31 Å². The highest BCUT2D eigenvalue weighted by atomic mass is 32.2. The first-order valence-corrected chi connectivity index (χ1v) is 8.28. The predicted octanol–water partition coefficient (Wildman–Crippen LogP) is 0.454. The molecule has 0 radical (unpaired) electrons. The Morgan fingerprint density at radius 1 is 1.40 bits per heavy atom. The van der Waals surface area contributed by atoms with Crippen molar-refractivity contribution in [3.63, 3.8) is 0 Å². The molecule has 7 nitrogen and oxygen atoms in total. The molecule has 20 heavy (non-hydrogen) atoms. The van der Waals surface area contributed by atoms with E-state index in [1.54, 1.807) is 13.8 Å². The average Bonchev–Trinajstić information content (AvgIpc) is 2.36. The van der Waals surface area contributed by atoms with Crippen molar-refractivity contribution in [2.24, 2.45) is 5.92 Å². The smallest absolute Gasteiger partial charge is 0.308 e. The van der Waals surface area contributed by atoms with E-state index in [0.717, 1.165) is 0 Å². The van der Waals surface area contributed by atoms with Crippen LogP contribution >= 0.6 is 0 Å². The first-order chi connectivity index (χ1) is 9.29. The molecule has 0 aromatic heterocycles. The molecule has 0 aromatic rings. The summed E-state index contributed by atoms with van der Waals surface area (Å²) in [7, 11) is -3.64. The number of hydrogen-bond acceptors (Lipinski definition) is 5. The highest BCUT2D eigenvalue weighted by Gasteiger charge is 2.38. The van der Waals surface area contributed by atoms with Gasteiger partial charge in [0.1, 0.15) is 0 Å².